The molecule has 0 heterocycles. The summed E-state index contributed by atoms with van der Waals surface area (Å²) >= 11 is 3.44. The highest BCUT2D eigenvalue weighted by Gasteiger charge is 2.05. The first-order valence-corrected chi connectivity index (χ1v) is 5.52. The number of rotatable bonds is 2. The van der Waals surface area contributed by atoms with E-state index >= 15 is 0 Å². The van der Waals surface area contributed by atoms with Crippen LogP contribution in [0.1, 0.15) is 17.0 Å². The summed E-state index contributed by atoms with van der Waals surface area (Å²) < 4.78 is 0. The zero-order chi connectivity index (χ0) is 9.10. The lowest BCUT2D eigenvalue weighted by molar-refractivity contribution is 1.10. The minimum atomic E-state index is 0.490. The molecule has 0 aromatic heterocycles. The van der Waals surface area contributed by atoms with Gasteiger partial charge in [0.2, 0.25) is 0 Å². The number of allylic oxidation sites excluding steroid dienone is 4. The van der Waals surface area contributed by atoms with Gasteiger partial charge in [-0.25, -0.2) is 0 Å². The zero-order valence-corrected chi connectivity index (χ0v) is 8.87. The van der Waals surface area contributed by atoms with Gasteiger partial charge in [0.1, 0.15) is 0 Å². The van der Waals surface area contributed by atoms with Gasteiger partial charge in [-0.05, 0) is 11.1 Å². The minimum Gasteiger partial charge on any atom is -0.0876 e. The molecule has 0 fully saturated rings. The van der Waals surface area contributed by atoms with Crippen molar-refractivity contribution in [3.05, 3.63) is 59.7 Å². The third-order valence-electron chi connectivity index (χ3n) is 2.27. The van der Waals surface area contributed by atoms with Crippen LogP contribution in [0.3, 0.4) is 0 Å². The molecule has 0 atom stereocenters. The third kappa shape index (κ3) is 1.92. The lowest BCUT2D eigenvalue weighted by atomic mass is 10.00. The highest BCUT2D eigenvalue weighted by atomic mass is 79.9. The molecule has 0 nitrogen and oxygen atoms in total. The third-order valence-corrected chi connectivity index (χ3v) is 2.91. The van der Waals surface area contributed by atoms with Gasteiger partial charge in [-0.15, -0.1) is 0 Å². The lowest BCUT2D eigenvalue weighted by Gasteiger charge is -2.05. The summed E-state index contributed by atoms with van der Waals surface area (Å²) in [7, 11) is 0. The summed E-state index contributed by atoms with van der Waals surface area (Å²) in [4.78, 5) is 0. The maximum absolute atomic E-state index is 3.44. The molecule has 66 valence electrons. The van der Waals surface area contributed by atoms with E-state index in [1.54, 1.807) is 0 Å². The van der Waals surface area contributed by atoms with Gasteiger partial charge in [0, 0.05) is 11.2 Å². The van der Waals surface area contributed by atoms with Crippen molar-refractivity contribution in [2.24, 2.45) is 0 Å². The van der Waals surface area contributed by atoms with Crippen LogP contribution in [-0.4, -0.2) is 0 Å². The summed E-state index contributed by atoms with van der Waals surface area (Å²) in [5, 5.41) is 0.934. The van der Waals surface area contributed by atoms with E-state index in [-0.39, 0.29) is 0 Å². The van der Waals surface area contributed by atoms with Crippen LogP contribution < -0.4 is 0 Å². The highest BCUT2D eigenvalue weighted by molar-refractivity contribution is 9.08. The maximum Gasteiger partial charge on any atom is 0.0283 e. The molecule has 0 saturated heterocycles. The Morgan fingerprint density at radius 2 is 1.62 bits per heavy atom. The van der Waals surface area contributed by atoms with Gasteiger partial charge in [0.05, 0.1) is 0 Å². The van der Waals surface area contributed by atoms with E-state index < -0.39 is 0 Å². The van der Waals surface area contributed by atoms with Crippen LogP contribution >= 0.6 is 15.9 Å². The fraction of sp³-hybridized carbons (Fsp3) is 0.167. The van der Waals surface area contributed by atoms with Crippen LogP contribution in [0.4, 0.5) is 0 Å². The normalized spacial score (nSPS) is 15.5. The quantitative estimate of drug-likeness (QED) is 0.684. The Hall–Kier alpha value is -0.820. The van der Waals surface area contributed by atoms with Gasteiger partial charge in [-0.3, -0.25) is 0 Å². The summed E-state index contributed by atoms with van der Waals surface area (Å²) in [5.74, 6) is 0.490. The predicted molar refractivity (Wildman–Crippen MR) is 60.1 cm³/mol. The molecule has 1 aromatic carbocycles. The maximum atomic E-state index is 3.44. The van der Waals surface area contributed by atoms with Gasteiger partial charge in [-0.1, -0.05) is 64.5 Å². The Bertz CT molecular complexity index is 321. The minimum absolute atomic E-state index is 0.490. The van der Waals surface area contributed by atoms with E-state index in [4.69, 9.17) is 0 Å². The Labute approximate surface area is 87.1 Å². The molecule has 1 aliphatic carbocycles. The Morgan fingerprint density at radius 3 is 2.15 bits per heavy atom. The largest absolute Gasteiger partial charge is 0.0876 e. The summed E-state index contributed by atoms with van der Waals surface area (Å²) in [6.45, 7) is 0. The van der Waals surface area contributed by atoms with E-state index in [0.717, 1.165) is 5.33 Å². The van der Waals surface area contributed by atoms with Crippen molar-refractivity contribution < 1.29 is 0 Å². The van der Waals surface area contributed by atoms with Gasteiger partial charge in [0.25, 0.3) is 0 Å². The average molecular weight is 235 g/mol. The van der Waals surface area contributed by atoms with Gasteiger partial charge >= 0.3 is 0 Å². The molecule has 0 N–H and O–H groups in total. The molecule has 0 aliphatic heterocycles. The Balaban J connectivity index is 2.22. The van der Waals surface area contributed by atoms with Crippen LogP contribution in [0.15, 0.2) is 48.6 Å². The smallest absolute Gasteiger partial charge is 0.0283 e. The number of alkyl halides is 1. The second kappa shape index (κ2) is 3.93. The molecule has 1 aromatic rings. The molecular weight excluding hydrogens is 224 g/mol. The molecule has 0 radical (unpaired) electrons. The molecule has 0 saturated carbocycles. The fourth-order valence-corrected chi connectivity index (χ4v) is 1.86. The predicted octanol–water partition coefficient (Wildman–Crippen LogP) is 3.79. The van der Waals surface area contributed by atoms with Gasteiger partial charge in [0.15, 0.2) is 0 Å². The van der Waals surface area contributed by atoms with Crippen LogP contribution in [0.5, 0.6) is 0 Å². The van der Waals surface area contributed by atoms with E-state index in [1.165, 1.54) is 11.1 Å². The van der Waals surface area contributed by atoms with E-state index in [2.05, 4.69) is 64.5 Å². The van der Waals surface area contributed by atoms with E-state index in [9.17, 15) is 0 Å². The van der Waals surface area contributed by atoms with Crippen LogP contribution in [0.25, 0.3) is 0 Å². The first kappa shape index (κ1) is 8.76. The molecule has 0 amide bonds. The summed E-state index contributed by atoms with van der Waals surface area (Å²) in [6.07, 6.45) is 8.62. The molecule has 0 spiro atoms. The van der Waals surface area contributed by atoms with E-state index in [1.807, 2.05) is 0 Å². The highest BCUT2D eigenvalue weighted by Crippen LogP contribution is 2.23. The number of hydrogen-bond acceptors (Lipinski definition) is 0. The van der Waals surface area contributed by atoms with Crippen molar-refractivity contribution in [3.63, 3.8) is 0 Å². The topological polar surface area (TPSA) is 0 Å². The SMILES string of the molecule is BrCc1ccc(C2C=CC=C2)cc1. The molecule has 1 aliphatic rings. The van der Waals surface area contributed by atoms with Crippen LogP contribution in [-0.2, 0) is 5.33 Å². The van der Waals surface area contributed by atoms with Crippen molar-refractivity contribution in [2.75, 3.05) is 0 Å². The average Bonchev–Trinajstić information content (AvgIpc) is 2.71. The fourth-order valence-electron chi connectivity index (χ4n) is 1.48. The molecule has 13 heavy (non-hydrogen) atoms. The number of halogens is 1. The van der Waals surface area contributed by atoms with E-state index in [0.29, 0.717) is 5.92 Å². The molecule has 1 heteroatoms. The molecule has 0 unspecified atom stereocenters. The van der Waals surface area contributed by atoms with Crippen LogP contribution in [0.2, 0.25) is 0 Å². The lowest BCUT2D eigenvalue weighted by Crippen LogP contribution is -1.88. The Kier molecular flexibility index (Phi) is 2.65. The number of hydrogen-bond donors (Lipinski definition) is 0. The molecular formula is C12H11Br. The van der Waals surface area contributed by atoms with Crippen molar-refractivity contribution in [1.82, 2.24) is 0 Å². The zero-order valence-electron chi connectivity index (χ0n) is 7.28. The first-order valence-electron chi connectivity index (χ1n) is 4.40. The summed E-state index contributed by atoms with van der Waals surface area (Å²) in [6, 6.07) is 8.73. The Morgan fingerprint density at radius 1 is 1.00 bits per heavy atom. The molecule has 0 bridgehead atoms. The second-order valence-electron chi connectivity index (χ2n) is 3.17. The van der Waals surface area contributed by atoms with Crippen molar-refractivity contribution >= 4 is 15.9 Å². The molecule has 2 rings (SSSR count). The summed E-state index contributed by atoms with van der Waals surface area (Å²) in [5.41, 5.74) is 2.70. The first-order chi connectivity index (χ1) is 6.40. The van der Waals surface area contributed by atoms with Gasteiger partial charge in [-0.2, -0.15) is 0 Å². The second-order valence-corrected chi connectivity index (χ2v) is 3.73. The van der Waals surface area contributed by atoms with Crippen LogP contribution in [0, 0.1) is 0 Å². The van der Waals surface area contributed by atoms with Gasteiger partial charge < -0.3 is 0 Å². The van der Waals surface area contributed by atoms with Crippen molar-refractivity contribution in [3.8, 4) is 0 Å². The van der Waals surface area contributed by atoms with Crippen molar-refractivity contribution in [1.29, 1.82) is 0 Å². The standard InChI is InChI=1S/C12H11Br/c13-9-10-5-7-12(8-6-10)11-3-1-2-4-11/h1-8,11H,9H2. The number of benzene rings is 1. The van der Waals surface area contributed by atoms with Crippen molar-refractivity contribution in [2.45, 2.75) is 11.2 Å². The monoisotopic (exact) mass is 234 g/mol.